The van der Waals surface area contributed by atoms with Crippen molar-refractivity contribution in [3.8, 4) is 45.9 Å². The fourth-order valence-corrected chi connectivity index (χ4v) is 3.62. The third kappa shape index (κ3) is 5.94. The number of nitrogens with zero attached hydrogens (tertiary/aromatic N) is 2. The number of rotatable bonds is 8. The third-order valence-corrected chi connectivity index (χ3v) is 5.66. The Hall–Kier alpha value is -5.44. The molecule has 0 N–H and O–H groups in total. The number of methoxy groups -OCH3 is 2. The van der Waals surface area contributed by atoms with Gasteiger partial charge in [-0.2, -0.15) is 0 Å². The quantitative estimate of drug-likeness (QED) is 0.183. The number of carbonyl (C=O) groups is 2. The number of esters is 2. The Morgan fingerprint density at radius 1 is 0.564 bits per heavy atom. The molecule has 5 aromatic rings. The Morgan fingerprint density at radius 2 is 0.949 bits per heavy atom. The number of hydrogen-bond donors (Lipinski definition) is 0. The Labute approximate surface area is 223 Å². The number of benzene rings is 4. The van der Waals surface area contributed by atoms with Gasteiger partial charge in [-0.3, -0.25) is 0 Å². The van der Waals surface area contributed by atoms with Gasteiger partial charge in [0.25, 0.3) is 0 Å². The zero-order valence-electron chi connectivity index (χ0n) is 21.0. The van der Waals surface area contributed by atoms with E-state index in [-0.39, 0.29) is 11.8 Å². The first-order valence-electron chi connectivity index (χ1n) is 11.8. The fourth-order valence-electron chi connectivity index (χ4n) is 3.62. The van der Waals surface area contributed by atoms with Crippen molar-refractivity contribution in [2.24, 2.45) is 0 Å². The van der Waals surface area contributed by atoms with Crippen LogP contribution in [0.4, 0.5) is 0 Å². The van der Waals surface area contributed by atoms with Crippen LogP contribution in [0.5, 0.6) is 23.0 Å². The van der Waals surface area contributed by atoms with Crippen molar-refractivity contribution in [3.05, 3.63) is 108 Å². The SMILES string of the molecule is COc1cccc(OC(=O)c2ccc(-c3nnc(-c4ccc(C(=O)Oc5cccc(OC)c5)cc4)o3)cc2)c1. The van der Waals surface area contributed by atoms with Crippen LogP contribution >= 0.6 is 0 Å². The highest BCUT2D eigenvalue weighted by atomic mass is 16.5. The molecule has 5 rings (SSSR count). The maximum absolute atomic E-state index is 12.5. The summed E-state index contributed by atoms with van der Waals surface area (Å²) in [6.07, 6.45) is 0. The topological polar surface area (TPSA) is 110 Å². The number of hydrogen-bond acceptors (Lipinski definition) is 9. The first kappa shape index (κ1) is 25.2. The van der Waals surface area contributed by atoms with Crippen LogP contribution in [0.1, 0.15) is 20.7 Å². The van der Waals surface area contributed by atoms with E-state index >= 15 is 0 Å². The van der Waals surface area contributed by atoms with Crippen molar-refractivity contribution in [1.82, 2.24) is 10.2 Å². The summed E-state index contributed by atoms with van der Waals surface area (Å²) in [6, 6.07) is 26.8. The van der Waals surface area contributed by atoms with Crippen LogP contribution in [0.2, 0.25) is 0 Å². The first-order chi connectivity index (χ1) is 19.0. The molecule has 0 amide bonds. The van der Waals surface area contributed by atoms with Crippen molar-refractivity contribution in [2.75, 3.05) is 14.2 Å². The van der Waals surface area contributed by atoms with E-state index in [9.17, 15) is 9.59 Å². The van der Waals surface area contributed by atoms with Crippen LogP contribution in [0.15, 0.2) is 101 Å². The summed E-state index contributed by atoms with van der Waals surface area (Å²) in [5.74, 6) is 1.47. The van der Waals surface area contributed by atoms with Crippen LogP contribution in [-0.2, 0) is 0 Å². The second-order valence-corrected chi connectivity index (χ2v) is 8.20. The molecule has 0 saturated carbocycles. The maximum Gasteiger partial charge on any atom is 0.343 e. The Kier molecular flexibility index (Phi) is 7.31. The molecule has 0 bridgehead atoms. The van der Waals surface area contributed by atoms with E-state index in [0.29, 0.717) is 45.3 Å². The molecule has 1 aromatic heterocycles. The van der Waals surface area contributed by atoms with Gasteiger partial charge in [0.1, 0.15) is 23.0 Å². The lowest BCUT2D eigenvalue weighted by Gasteiger charge is -2.06. The zero-order valence-corrected chi connectivity index (χ0v) is 21.0. The summed E-state index contributed by atoms with van der Waals surface area (Å²) in [5, 5.41) is 8.21. The van der Waals surface area contributed by atoms with Crippen molar-refractivity contribution < 1.29 is 33.0 Å². The molecule has 9 heteroatoms. The minimum absolute atomic E-state index is 0.277. The van der Waals surface area contributed by atoms with E-state index in [1.165, 1.54) is 0 Å². The molecule has 4 aromatic carbocycles. The maximum atomic E-state index is 12.5. The standard InChI is InChI=1S/C30H22N2O7/c1-35-23-5-3-7-25(17-23)37-29(33)21-13-9-19(10-14-21)27-31-32-28(39-27)20-11-15-22(16-12-20)30(34)38-26-8-4-6-24(18-26)36-2/h3-18H,1-2H3. The summed E-state index contributed by atoms with van der Waals surface area (Å²) in [5.41, 5.74) is 1.98. The Bertz CT molecular complexity index is 1490. The normalized spacial score (nSPS) is 10.5. The third-order valence-electron chi connectivity index (χ3n) is 5.66. The Morgan fingerprint density at radius 3 is 1.33 bits per heavy atom. The van der Waals surface area contributed by atoms with Gasteiger partial charge >= 0.3 is 11.9 Å². The van der Waals surface area contributed by atoms with E-state index in [1.807, 2.05) is 0 Å². The van der Waals surface area contributed by atoms with Crippen molar-refractivity contribution >= 4 is 11.9 Å². The molecule has 9 nitrogen and oxygen atoms in total. The smallest absolute Gasteiger partial charge is 0.343 e. The first-order valence-corrected chi connectivity index (χ1v) is 11.8. The number of aromatic nitrogens is 2. The minimum Gasteiger partial charge on any atom is -0.497 e. The molecule has 0 aliphatic rings. The van der Waals surface area contributed by atoms with Gasteiger partial charge in [0.05, 0.1) is 25.3 Å². The summed E-state index contributed by atoms with van der Waals surface area (Å²) < 4.78 is 26.9. The average Bonchev–Trinajstić information content (AvgIpc) is 3.48. The zero-order chi connectivity index (χ0) is 27.2. The molecule has 39 heavy (non-hydrogen) atoms. The monoisotopic (exact) mass is 522 g/mol. The molecule has 1 heterocycles. The number of carbonyl (C=O) groups excluding carboxylic acids is 2. The van der Waals surface area contributed by atoms with E-state index in [1.54, 1.807) is 111 Å². The van der Waals surface area contributed by atoms with Crippen LogP contribution < -0.4 is 18.9 Å². The summed E-state index contributed by atoms with van der Waals surface area (Å²) in [6.45, 7) is 0. The minimum atomic E-state index is -0.508. The van der Waals surface area contributed by atoms with Gasteiger partial charge in [0.15, 0.2) is 0 Å². The van der Waals surface area contributed by atoms with Gasteiger partial charge < -0.3 is 23.4 Å². The summed E-state index contributed by atoms with van der Waals surface area (Å²) in [7, 11) is 3.08. The van der Waals surface area contributed by atoms with Gasteiger partial charge in [0.2, 0.25) is 11.8 Å². The highest BCUT2D eigenvalue weighted by Gasteiger charge is 2.15. The van der Waals surface area contributed by atoms with Crippen molar-refractivity contribution in [1.29, 1.82) is 0 Å². The fraction of sp³-hybridized carbons (Fsp3) is 0.0667. The lowest BCUT2D eigenvalue weighted by Crippen LogP contribution is -2.08. The van der Waals surface area contributed by atoms with Gasteiger partial charge in [-0.1, -0.05) is 12.1 Å². The average molecular weight is 523 g/mol. The summed E-state index contributed by atoms with van der Waals surface area (Å²) >= 11 is 0. The second kappa shape index (κ2) is 11.3. The molecular formula is C30H22N2O7. The van der Waals surface area contributed by atoms with E-state index in [4.69, 9.17) is 23.4 Å². The van der Waals surface area contributed by atoms with Gasteiger partial charge in [-0.05, 0) is 72.8 Å². The van der Waals surface area contributed by atoms with Crippen LogP contribution in [-0.4, -0.2) is 36.4 Å². The molecule has 0 spiro atoms. The molecular weight excluding hydrogens is 500 g/mol. The molecule has 0 fully saturated rings. The highest BCUT2D eigenvalue weighted by Crippen LogP contribution is 2.26. The van der Waals surface area contributed by atoms with Crippen LogP contribution in [0, 0.1) is 0 Å². The van der Waals surface area contributed by atoms with Crippen molar-refractivity contribution in [3.63, 3.8) is 0 Å². The van der Waals surface area contributed by atoms with Gasteiger partial charge in [0, 0.05) is 23.3 Å². The number of ether oxygens (including phenoxy) is 4. The molecule has 0 unspecified atom stereocenters. The van der Waals surface area contributed by atoms with Gasteiger partial charge in [-0.15, -0.1) is 10.2 Å². The lowest BCUT2D eigenvalue weighted by molar-refractivity contribution is 0.0725. The Balaban J connectivity index is 1.24. The molecule has 0 radical (unpaired) electrons. The predicted molar refractivity (Wildman–Crippen MR) is 141 cm³/mol. The van der Waals surface area contributed by atoms with Crippen LogP contribution in [0.3, 0.4) is 0 Å². The van der Waals surface area contributed by atoms with Gasteiger partial charge in [-0.25, -0.2) is 9.59 Å². The highest BCUT2D eigenvalue weighted by molar-refractivity contribution is 5.92. The summed E-state index contributed by atoms with van der Waals surface area (Å²) in [4.78, 5) is 25.0. The molecule has 0 atom stereocenters. The van der Waals surface area contributed by atoms with Crippen LogP contribution in [0.25, 0.3) is 22.9 Å². The molecule has 0 aliphatic heterocycles. The lowest BCUT2D eigenvalue weighted by atomic mass is 10.1. The molecule has 194 valence electrons. The molecule has 0 saturated heterocycles. The van der Waals surface area contributed by atoms with Crippen molar-refractivity contribution in [2.45, 2.75) is 0 Å². The largest absolute Gasteiger partial charge is 0.497 e. The van der Waals surface area contributed by atoms with E-state index in [0.717, 1.165) is 0 Å². The van der Waals surface area contributed by atoms with E-state index < -0.39 is 11.9 Å². The second-order valence-electron chi connectivity index (χ2n) is 8.20. The van der Waals surface area contributed by atoms with E-state index in [2.05, 4.69) is 10.2 Å². The molecule has 0 aliphatic carbocycles. The predicted octanol–water partition coefficient (Wildman–Crippen LogP) is 5.86.